The van der Waals surface area contributed by atoms with Crippen LogP contribution in [0.2, 0.25) is 0 Å². The van der Waals surface area contributed by atoms with Crippen molar-refractivity contribution in [3.8, 4) is 0 Å². The van der Waals surface area contributed by atoms with E-state index in [0.717, 1.165) is 6.07 Å². The molecule has 5 nitrogen and oxygen atoms in total. The maximum Gasteiger partial charge on any atom is 0.240 e. The molecule has 22 heavy (non-hydrogen) atoms. The van der Waals surface area contributed by atoms with Gasteiger partial charge < -0.3 is 4.90 Å². The minimum Gasteiger partial charge on any atom is -0.336 e. The SMILES string of the molecule is Cc1cc(S(=O)(=O)NC2CC(=O)N(C(C)(C)C)C2)ccc1F. The number of rotatable bonds is 3. The average molecular weight is 328 g/mol. The molecule has 2 rings (SSSR count). The molecule has 1 fully saturated rings. The second-order valence-electron chi connectivity index (χ2n) is 6.61. The quantitative estimate of drug-likeness (QED) is 0.920. The van der Waals surface area contributed by atoms with Crippen molar-refractivity contribution in [2.75, 3.05) is 6.54 Å². The van der Waals surface area contributed by atoms with Crippen LogP contribution in [-0.4, -0.2) is 37.4 Å². The van der Waals surface area contributed by atoms with Gasteiger partial charge in [-0.2, -0.15) is 0 Å². The molecule has 122 valence electrons. The zero-order valence-corrected chi connectivity index (χ0v) is 14.0. The van der Waals surface area contributed by atoms with Crippen LogP contribution < -0.4 is 4.72 Å². The van der Waals surface area contributed by atoms with E-state index in [2.05, 4.69) is 4.72 Å². The van der Waals surface area contributed by atoms with E-state index in [1.165, 1.54) is 19.1 Å². The molecule has 0 radical (unpaired) electrons. The van der Waals surface area contributed by atoms with Gasteiger partial charge in [0.25, 0.3) is 0 Å². The van der Waals surface area contributed by atoms with Gasteiger partial charge in [0.05, 0.1) is 4.90 Å². The minimum absolute atomic E-state index is 0.00746. The van der Waals surface area contributed by atoms with Gasteiger partial charge in [-0.15, -0.1) is 0 Å². The summed E-state index contributed by atoms with van der Waals surface area (Å²) in [6, 6.07) is 3.17. The first-order chi connectivity index (χ1) is 10.0. The van der Waals surface area contributed by atoms with Crippen molar-refractivity contribution < 1.29 is 17.6 Å². The van der Waals surface area contributed by atoms with E-state index in [0.29, 0.717) is 6.54 Å². The van der Waals surface area contributed by atoms with Gasteiger partial charge >= 0.3 is 0 Å². The first-order valence-corrected chi connectivity index (χ1v) is 8.58. The summed E-state index contributed by atoms with van der Waals surface area (Å²) in [4.78, 5) is 13.7. The Morgan fingerprint density at radius 2 is 1.95 bits per heavy atom. The van der Waals surface area contributed by atoms with Gasteiger partial charge in [0.15, 0.2) is 0 Å². The lowest BCUT2D eigenvalue weighted by Crippen LogP contribution is -2.44. The van der Waals surface area contributed by atoms with Crippen LogP contribution in [0.15, 0.2) is 23.1 Å². The molecule has 1 unspecified atom stereocenters. The van der Waals surface area contributed by atoms with E-state index in [9.17, 15) is 17.6 Å². The van der Waals surface area contributed by atoms with Crippen LogP contribution in [0, 0.1) is 12.7 Å². The molecule has 1 amide bonds. The highest BCUT2D eigenvalue weighted by atomic mass is 32.2. The van der Waals surface area contributed by atoms with Crippen molar-refractivity contribution in [3.05, 3.63) is 29.6 Å². The van der Waals surface area contributed by atoms with Crippen LogP contribution >= 0.6 is 0 Å². The first-order valence-electron chi connectivity index (χ1n) is 7.09. The van der Waals surface area contributed by atoms with Gasteiger partial charge in [0, 0.05) is 24.5 Å². The maximum atomic E-state index is 13.3. The molecular weight excluding hydrogens is 307 g/mol. The maximum absolute atomic E-state index is 13.3. The number of nitrogens with one attached hydrogen (secondary N) is 1. The lowest BCUT2D eigenvalue weighted by molar-refractivity contribution is -0.131. The molecule has 1 aliphatic heterocycles. The predicted octanol–water partition coefficient (Wildman–Crippen LogP) is 1.81. The van der Waals surface area contributed by atoms with Crippen LogP contribution in [-0.2, 0) is 14.8 Å². The summed E-state index contributed by atoms with van der Waals surface area (Å²) in [5.41, 5.74) is -0.0781. The molecule has 1 aliphatic rings. The van der Waals surface area contributed by atoms with Crippen molar-refractivity contribution in [2.24, 2.45) is 0 Å². The van der Waals surface area contributed by atoms with Crippen molar-refractivity contribution in [1.29, 1.82) is 0 Å². The number of likely N-dealkylation sites (tertiary alicyclic amines) is 1. The first kappa shape index (κ1) is 16.9. The summed E-state index contributed by atoms with van der Waals surface area (Å²) in [5, 5.41) is 0. The van der Waals surface area contributed by atoms with Crippen molar-refractivity contribution in [3.63, 3.8) is 0 Å². The largest absolute Gasteiger partial charge is 0.336 e. The molecule has 0 saturated carbocycles. The molecule has 1 atom stereocenters. The number of aryl methyl sites for hydroxylation is 1. The Morgan fingerprint density at radius 1 is 1.32 bits per heavy atom. The highest BCUT2D eigenvalue weighted by Crippen LogP contribution is 2.23. The van der Waals surface area contributed by atoms with Gasteiger partial charge in [0.2, 0.25) is 15.9 Å². The Labute approximate surface area is 130 Å². The Kier molecular flexibility index (Phi) is 4.32. The number of nitrogens with zero attached hydrogens (tertiary/aromatic N) is 1. The molecule has 1 saturated heterocycles. The fraction of sp³-hybridized carbons (Fsp3) is 0.533. The zero-order chi connectivity index (χ0) is 16.7. The van der Waals surface area contributed by atoms with Crippen molar-refractivity contribution in [2.45, 2.75) is 50.6 Å². The normalized spacial score (nSPS) is 19.8. The highest BCUT2D eigenvalue weighted by Gasteiger charge is 2.38. The van der Waals surface area contributed by atoms with E-state index in [-0.39, 0.29) is 28.3 Å². The molecule has 7 heteroatoms. The standard InChI is InChI=1S/C15H21FN2O3S/c1-10-7-12(5-6-13(10)16)22(20,21)17-11-8-14(19)18(9-11)15(2,3)4/h5-7,11,17H,8-9H2,1-4H3. The van der Waals surface area contributed by atoms with Gasteiger partial charge in [-0.25, -0.2) is 17.5 Å². The third kappa shape index (κ3) is 3.47. The van der Waals surface area contributed by atoms with E-state index in [4.69, 9.17) is 0 Å². The Bertz CT molecular complexity index is 695. The summed E-state index contributed by atoms with van der Waals surface area (Å²) in [6.07, 6.45) is 0.136. The van der Waals surface area contributed by atoms with E-state index in [1.807, 2.05) is 20.8 Å². The molecule has 0 aromatic heterocycles. The summed E-state index contributed by atoms with van der Waals surface area (Å²) < 4.78 is 40.5. The number of carbonyl (C=O) groups is 1. The second-order valence-corrected chi connectivity index (χ2v) is 8.32. The monoisotopic (exact) mass is 328 g/mol. The number of sulfonamides is 1. The van der Waals surface area contributed by atoms with Crippen LogP contribution in [0.3, 0.4) is 0 Å². The molecular formula is C15H21FN2O3S. The molecule has 1 aromatic rings. The Morgan fingerprint density at radius 3 is 2.45 bits per heavy atom. The number of amides is 1. The van der Waals surface area contributed by atoms with Crippen molar-refractivity contribution in [1.82, 2.24) is 9.62 Å². The van der Waals surface area contributed by atoms with Crippen LogP contribution in [0.25, 0.3) is 0 Å². The smallest absolute Gasteiger partial charge is 0.240 e. The van der Waals surface area contributed by atoms with Crippen LogP contribution in [0.4, 0.5) is 4.39 Å². The third-order valence-electron chi connectivity index (χ3n) is 3.70. The summed E-state index contributed by atoms with van der Waals surface area (Å²) >= 11 is 0. The van der Waals surface area contributed by atoms with Gasteiger partial charge in [-0.3, -0.25) is 4.79 Å². The molecule has 0 aliphatic carbocycles. The van der Waals surface area contributed by atoms with E-state index < -0.39 is 21.9 Å². The summed E-state index contributed by atoms with van der Waals surface area (Å²) in [5.74, 6) is -0.524. The van der Waals surface area contributed by atoms with Crippen molar-refractivity contribution >= 4 is 15.9 Å². The highest BCUT2D eigenvalue weighted by molar-refractivity contribution is 7.89. The van der Waals surface area contributed by atoms with Gasteiger partial charge in [-0.1, -0.05) is 0 Å². The lowest BCUT2D eigenvalue weighted by atomic mass is 10.1. The fourth-order valence-corrected chi connectivity index (χ4v) is 3.82. The number of hydrogen-bond donors (Lipinski definition) is 1. The summed E-state index contributed by atoms with van der Waals surface area (Å²) in [7, 11) is -3.77. The van der Waals surface area contributed by atoms with Crippen LogP contribution in [0.1, 0.15) is 32.8 Å². The summed E-state index contributed by atoms with van der Waals surface area (Å²) in [6.45, 7) is 7.57. The molecule has 1 N–H and O–H groups in total. The third-order valence-corrected chi connectivity index (χ3v) is 5.21. The molecule has 0 spiro atoms. The van der Waals surface area contributed by atoms with Gasteiger partial charge in [0.1, 0.15) is 5.82 Å². The van der Waals surface area contributed by atoms with E-state index in [1.54, 1.807) is 4.90 Å². The average Bonchev–Trinajstić information content (AvgIpc) is 2.72. The topological polar surface area (TPSA) is 66.5 Å². The molecule has 0 bridgehead atoms. The van der Waals surface area contributed by atoms with E-state index >= 15 is 0 Å². The Hall–Kier alpha value is -1.47. The minimum atomic E-state index is -3.77. The predicted molar refractivity (Wildman–Crippen MR) is 81.3 cm³/mol. The number of carbonyl (C=O) groups excluding carboxylic acids is 1. The molecule has 1 aromatic carbocycles. The molecule has 1 heterocycles. The lowest BCUT2D eigenvalue weighted by Gasteiger charge is -2.32. The fourth-order valence-electron chi connectivity index (χ4n) is 2.51. The van der Waals surface area contributed by atoms with Gasteiger partial charge in [-0.05, 0) is 51.5 Å². The zero-order valence-electron chi connectivity index (χ0n) is 13.2. The second kappa shape index (κ2) is 5.62. The number of halogens is 1. The number of benzene rings is 1. The Balaban J connectivity index is 2.16. The van der Waals surface area contributed by atoms with Crippen LogP contribution in [0.5, 0.6) is 0 Å². The number of hydrogen-bond acceptors (Lipinski definition) is 3.